The molecule has 1 unspecified atom stereocenters. The second-order valence-corrected chi connectivity index (χ2v) is 5.57. The summed E-state index contributed by atoms with van der Waals surface area (Å²) in [7, 11) is 1.79. The van der Waals surface area contributed by atoms with Crippen LogP contribution in [0.4, 0.5) is 0 Å². The topological polar surface area (TPSA) is 24.5 Å². The maximum atomic E-state index is 5.11. The van der Waals surface area contributed by atoms with E-state index >= 15 is 0 Å². The van der Waals surface area contributed by atoms with Crippen molar-refractivity contribution in [3.8, 4) is 0 Å². The van der Waals surface area contributed by atoms with Crippen LogP contribution in [-0.2, 0) is 4.74 Å². The van der Waals surface area contributed by atoms with Crippen LogP contribution in [-0.4, -0.2) is 50.3 Å². The number of unbranched alkanes of at least 4 members (excludes halogenated alkanes) is 1. The van der Waals surface area contributed by atoms with Crippen molar-refractivity contribution in [3.63, 3.8) is 0 Å². The van der Waals surface area contributed by atoms with Crippen molar-refractivity contribution < 1.29 is 4.74 Å². The minimum Gasteiger partial charge on any atom is -0.385 e. The smallest absolute Gasteiger partial charge is 0.0462 e. The summed E-state index contributed by atoms with van der Waals surface area (Å²) in [5.41, 5.74) is 0. The van der Waals surface area contributed by atoms with E-state index in [1.165, 1.54) is 64.6 Å². The second-order valence-electron chi connectivity index (χ2n) is 5.57. The Morgan fingerprint density at radius 2 is 2.06 bits per heavy atom. The van der Waals surface area contributed by atoms with Gasteiger partial charge in [-0.3, -0.25) is 4.90 Å². The van der Waals surface area contributed by atoms with Gasteiger partial charge in [-0.2, -0.15) is 0 Å². The van der Waals surface area contributed by atoms with Crippen LogP contribution >= 0.6 is 0 Å². The van der Waals surface area contributed by atoms with Gasteiger partial charge < -0.3 is 10.1 Å². The molecule has 0 aromatic rings. The molecule has 2 rings (SSSR count). The van der Waals surface area contributed by atoms with E-state index in [4.69, 9.17) is 4.74 Å². The lowest BCUT2D eigenvalue weighted by Crippen LogP contribution is -2.46. The Balaban J connectivity index is 1.63. The van der Waals surface area contributed by atoms with Gasteiger partial charge in [-0.05, 0) is 51.6 Å². The number of rotatable bonds is 8. The number of nitrogens with zero attached hydrogens (tertiary/aromatic N) is 1. The van der Waals surface area contributed by atoms with E-state index in [0.717, 1.165) is 18.7 Å². The van der Waals surface area contributed by atoms with Gasteiger partial charge in [-0.1, -0.05) is 6.42 Å². The molecule has 0 bridgehead atoms. The van der Waals surface area contributed by atoms with E-state index in [1.807, 2.05) is 0 Å². The molecule has 1 saturated carbocycles. The van der Waals surface area contributed by atoms with Crippen LogP contribution in [0.2, 0.25) is 0 Å². The van der Waals surface area contributed by atoms with Gasteiger partial charge in [0.1, 0.15) is 0 Å². The predicted octanol–water partition coefficient (Wildman–Crippen LogP) is 2.02. The lowest BCUT2D eigenvalue weighted by Gasteiger charge is -2.36. The predicted molar refractivity (Wildman–Crippen MR) is 71.3 cm³/mol. The molecule has 3 heteroatoms. The lowest BCUT2D eigenvalue weighted by atomic mass is 10.0. The fourth-order valence-corrected chi connectivity index (χ4v) is 2.74. The fraction of sp³-hybridized carbons (Fsp3) is 1.00. The third kappa shape index (κ3) is 4.94. The van der Waals surface area contributed by atoms with Crippen molar-refractivity contribution in [1.82, 2.24) is 10.2 Å². The highest BCUT2D eigenvalue weighted by atomic mass is 16.5. The molecular formula is C14H28N2O. The number of hydrogen-bond acceptors (Lipinski definition) is 3. The van der Waals surface area contributed by atoms with Gasteiger partial charge in [0.2, 0.25) is 0 Å². The first-order valence-electron chi connectivity index (χ1n) is 7.36. The molecule has 1 aliphatic heterocycles. The van der Waals surface area contributed by atoms with Crippen LogP contribution in [0, 0.1) is 0 Å². The van der Waals surface area contributed by atoms with Crippen LogP contribution < -0.4 is 5.32 Å². The van der Waals surface area contributed by atoms with Gasteiger partial charge in [-0.15, -0.1) is 0 Å². The Kier molecular flexibility index (Phi) is 5.75. The number of nitrogens with one attached hydrogen (secondary N) is 1. The van der Waals surface area contributed by atoms with Crippen LogP contribution in [0.3, 0.4) is 0 Å². The molecule has 0 aromatic heterocycles. The number of piperidine rings is 1. The highest BCUT2D eigenvalue weighted by Gasteiger charge is 2.25. The van der Waals surface area contributed by atoms with Crippen molar-refractivity contribution in [2.45, 2.75) is 57.0 Å². The molecule has 2 aliphatic rings. The molecule has 1 aliphatic carbocycles. The maximum absolute atomic E-state index is 5.11. The van der Waals surface area contributed by atoms with Crippen molar-refractivity contribution in [2.24, 2.45) is 0 Å². The number of ether oxygens (including phenoxy) is 1. The van der Waals surface area contributed by atoms with E-state index in [0.29, 0.717) is 0 Å². The zero-order chi connectivity index (χ0) is 11.9. The summed E-state index contributed by atoms with van der Waals surface area (Å²) in [6, 6.07) is 1.65. The summed E-state index contributed by atoms with van der Waals surface area (Å²) in [6.07, 6.45) is 9.50. The largest absolute Gasteiger partial charge is 0.385 e. The summed E-state index contributed by atoms with van der Waals surface area (Å²) in [5, 5.41) is 3.69. The first kappa shape index (κ1) is 13.3. The fourth-order valence-electron chi connectivity index (χ4n) is 2.74. The third-order valence-corrected chi connectivity index (χ3v) is 4.01. The van der Waals surface area contributed by atoms with Gasteiger partial charge in [0.25, 0.3) is 0 Å². The van der Waals surface area contributed by atoms with Gasteiger partial charge in [-0.25, -0.2) is 0 Å². The monoisotopic (exact) mass is 240 g/mol. The quantitative estimate of drug-likeness (QED) is 0.657. The number of likely N-dealkylation sites (tertiary alicyclic amines) is 1. The van der Waals surface area contributed by atoms with Crippen LogP contribution in [0.5, 0.6) is 0 Å². The van der Waals surface area contributed by atoms with Crippen molar-refractivity contribution in [3.05, 3.63) is 0 Å². The highest BCUT2D eigenvalue weighted by molar-refractivity contribution is 4.85. The van der Waals surface area contributed by atoms with Gasteiger partial charge in [0.15, 0.2) is 0 Å². The van der Waals surface area contributed by atoms with E-state index in [1.54, 1.807) is 7.11 Å². The summed E-state index contributed by atoms with van der Waals surface area (Å²) in [4.78, 5) is 2.70. The van der Waals surface area contributed by atoms with E-state index in [2.05, 4.69) is 10.2 Å². The normalized spacial score (nSPS) is 26.3. The van der Waals surface area contributed by atoms with E-state index in [9.17, 15) is 0 Å². The average Bonchev–Trinajstić information content (AvgIpc) is 3.17. The number of methoxy groups -OCH3 is 1. The molecule has 2 fully saturated rings. The molecule has 1 N–H and O–H groups in total. The lowest BCUT2D eigenvalue weighted by molar-refractivity contribution is 0.133. The Labute approximate surface area is 106 Å². The molecule has 0 amide bonds. The average molecular weight is 240 g/mol. The SMILES string of the molecule is COCCCCN1CCCCC1CNC1CC1. The molecule has 1 atom stereocenters. The van der Waals surface area contributed by atoms with Crippen LogP contribution in [0.25, 0.3) is 0 Å². The number of hydrogen-bond donors (Lipinski definition) is 1. The Bertz CT molecular complexity index is 206. The first-order chi connectivity index (χ1) is 8.40. The first-order valence-corrected chi connectivity index (χ1v) is 7.36. The molecule has 17 heavy (non-hydrogen) atoms. The molecule has 3 nitrogen and oxygen atoms in total. The van der Waals surface area contributed by atoms with Gasteiger partial charge in [0.05, 0.1) is 0 Å². The van der Waals surface area contributed by atoms with E-state index < -0.39 is 0 Å². The molecule has 1 saturated heterocycles. The van der Waals surface area contributed by atoms with Crippen LogP contribution in [0.15, 0.2) is 0 Å². The van der Waals surface area contributed by atoms with Gasteiger partial charge >= 0.3 is 0 Å². The Morgan fingerprint density at radius 1 is 1.18 bits per heavy atom. The summed E-state index contributed by atoms with van der Waals surface area (Å²) < 4.78 is 5.11. The second kappa shape index (κ2) is 7.34. The maximum Gasteiger partial charge on any atom is 0.0462 e. The van der Waals surface area contributed by atoms with Gasteiger partial charge in [0, 0.05) is 32.3 Å². The van der Waals surface area contributed by atoms with E-state index in [-0.39, 0.29) is 0 Å². The Morgan fingerprint density at radius 3 is 2.82 bits per heavy atom. The van der Waals surface area contributed by atoms with Crippen molar-refractivity contribution in [2.75, 3.05) is 33.4 Å². The zero-order valence-electron chi connectivity index (χ0n) is 11.3. The van der Waals surface area contributed by atoms with Crippen LogP contribution in [0.1, 0.15) is 44.9 Å². The standard InChI is InChI=1S/C14H28N2O/c1-17-11-5-4-10-16-9-3-2-6-14(16)12-15-13-7-8-13/h13-15H,2-12H2,1H3. The zero-order valence-corrected chi connectivity index (χ0v) is 11.3. The molecule has 0 spiro atoms. The van der Waals surface area contributed by atoms with Crippen molar-refractivity contribution in [1.29, 1.82) is 0 Å². The molecule has 100 valence electrons. The molecular weight excluding hydrogens is 212 g/mol. The minimum atomic E-state index is 0.798. The Hall–Kier alpha value is -0.120. The summed E-state index contributed by atoms with van der Waals surface area (Å²) in [5.74, 6) is 0. The molecule has 0 aromatic carbocycles. The molecule has 1 heterocycles. The highest BCUT2D eigenvalue weighted by Crippen LogP contribution is 2.21. The summed E-state index contributed by atoms with van der Waals surface area (Å²) >= 11 is 0. The summed E-state index contributed by atoms with van der Waals surface area (Å²) in [6.45, 7) is 4.71. The minimum absolute atomic E-state index is 0.798. The van der Waals surface area contributed by atoms with Crippen molar-refractivity contribution >= 4 is 0 Å². The third-order valence-electron chi connectivity index (χ3n) is 4.01. The molecule has 0 radical (unpaired) electrons.